The molecule has 21 heavy (non-hydrogen) atoms. The summed E-state index contributed by atoms with van der Waals surface area (Å²) >= 11 is 0. The second kappa shape index (κ2) is 5.53. The van der Waals surface area contributed by atoms with E-state index in [0.29, 0.717) is 5.56 Å². The predicted molar refractivity (Wildman–Crippen MR) is 76.9 cm³/mol. The van der Waals surface area contributed by atoms with Gasteiger partial charge >= 0.3 is 0 Å². The number of anilines is 1. The predicted octanol–water partition coefficient (Wildman–Crippen LogP) is 2.03. The molecule has 1 amide bonds. The van der Waals surface area contributed by atoms with Crippen molar-refractivity contribution in [1.82, 2.24) is 0 Å². The number of carbonyl (C=O) groups excluding carboxylic acids is 1. The second-order valence-electron chi connectivity index (χ2n) is 4.46. The van der Waals surface area contributed by atoms with Gasteiger partial charge in [-0.2, -0.15) is 0 Å². The van der Waals surface area contributed by atoms with Crippen molar-refractivity contribution in [2.24, 2.45) is 5.73 Å². The maximum Gasteiger partial charge on any atom is 0.262 e. The van der Waals surface area contributed by atoms with Gasteiger partial charge in [-0.1, -0.05) is 12.1 Å². The topological polar surface area (TPSA) is 89.3 Å². The molecule has 5 nitrogen and oxygen atoms in total. The minimum absolute atomic E-state index is 0.160. The number of sulfonamides is 1. The summed E-state index contributed by atoms with van der Waals surface area (Å²) in [5, 5.41) is 0. The highest BCUT2D eigenvalue weighted by Crippen LogP contribution is 2.20. The van der Waals surface area contributed by atoms with E-state index in [-0.39, 0.29) is 16.1 Å². The lowest BCUT2D eigenvalue weighted by atomic mass is 10.2. The number of halogens is 1. The lowest BCUT2D eigenvalue weighted by Crippen LogP contribution is -2.16. The molecule has 0 radical (unpaired) electrons. The van der Waals surface area contributed by atoms with E-state index in [1.165, 1.54) is 36.4 Å². The number of aryl methyl sites for hydroxylation is 1. The molecule has 0 atom stereocenters. The van der Waals surface area contributed by atoms with Gasteiger partial charge in [0.2, 0.25) is 5.91 Å². The van der Waals surface area contributed by atoms with Crippen LogP contribution in [-0.2, 0) is 10.0 Å². The van der Waals surface area contributed by atoms with Crippen LogP contribution in [0.15, 0.2) is 47.4 Å². The molecule has 2 aromatic rings. The summed E-state index contributed by atoms with van der Waals surface area (Å²) in [6, 6.07) is 9.25. The minimum Gasteiger partial charge on any atom is -0.366 e. The maximum absolute atomic E-state index is 13.2. The largest absolute Gasteiger partial charge is 0.366 e. The fraction of sp³-hybridized carbons (Fsp3) is 0.0714. The summed E-state index contributed by atoms with van der Waals surface area (Å²) in [4.78, 5) is 10.9. The van der Waals surface area contributed by atoms with E-state index in [1.807, 2.05) is 0 Å². The molecule has 0 spiro atoms. The summed E-state index contributed by atoms with van der Waals surface area (Å²) in [5.41, 5.74) is 5.90. The van der Waals surface area contributed by atoms with Crippen molar-refractivity contribution >= 4 is 21.6 Å². The average Bonchev–Trinajstić information content (AvgIpc) is 2.41. The highest BCUT2D eigenvalue weighted by molar-refractivity contribution is 7.92. The highest BCUT2D eigenvalue weighted by Gasteiger charge is 2.18. The summed E-state index contributed by atoms with van der Waals surface area (Å²) in [7, 11) is -3.95. The number of nitrogens with two attached hydrogens (primary N) is 1. The third-order valence-electron chi connectivity index (χ3n) is 2.84. The van der Waals surface area contributed by atoms with Gasteiger partial charge < -0.3 is 5.73 Å². The van der Waals surface area contributed by atoms with E-state index < -0.39 is 21.7 Å². The van der Waals surface area contributed by atoms with Crippen LogP contribution in [0.2, 0.25) is 0 Å². The van der Waals surface area contributed by atoms with E-state index in [4.69, 9.17) is 5.73 Å². The van der Waals surface area contributed by atoms with Crippen LogP contribution in [0.4, 0.5) is 10.1 Å². The Labute approximate surface area is 121 Å². The van der Waals surface area contributed by atoms with E-state index in [0.717, 1.165) is 6.07 Å². The van der Waals surface area contributed by atoms with Gasteiger partial charge in [0.1, 0.15) is 5.82 Å². The number of benzene rings is 2. The quantitative estimate of drug-likeness (QED) is 0.905. The van der Waals surface area contributed by atoms with Gasteiger partial charge in [-0.3, -0.25) is 9.52 Å². The number of hydrogen-bond donors (Lipinski definition) is 2. The van der Waals surface area contributed by atoms with E-state index >= 15 is 0 Å². The molecule has 3 N–H and O–H groups in total. The van der Waals surface area contributed by atoms with Crippen molar-refractivity contribution in [2.45, 2.75) is 11.8 Å². The van der Waals surface area contributed by atoms with Gasteiger partial charge in [-0.05, 0) is 42.8 Å². The Kier molecular flexibility index (Phi) is 3.95. The molecule has 0 aliphatic heterocycles. The van der Waals surface area contributed by atoms with Gasteiger partial charge in [0, 0.05) is 11.3 Å². The van der Waals surface area contributed by atoms with Crippen molar-refractivity contribution < 1.29 is 17.6 Å². The first kappa shape index (κ1) is 15.0. The molecule has 7 heteroatoms. The fourth-order valence-corrected chi connectivity index (χ4v) is 3.12. The van der Waals surface area contributed by atoms with Crippen molar-refractivity contribution in [3.05, 3.63) is 59.4 Å². The van der Waals surface area contributed by atoms with Crippen LogP contribution >= 0.6 is 0 Å². The number of primary amides is 1. The molecule has 0 saturated heterocycles. The Morgan fingerprint density at radius 2 is 1.90 bits per heavy atom. The van der Waals surface area contributed by atoms with Crippen LogP contribution in [0, 0.1) is 12.7 Å². The summed E-state index contributed by atoms with van der Waals surface area (Å²) in [6.45, 7) is 1.56. The molecule has 0 unspecified atom stereocenters. The molecule has 0 aliphatic rings. The van der Waals surface area contributed by atoms with Crippen LogP contribution in [0.25, 0.3) is 0 Å². The minimum atomic E-state index is -3.95. The fourth-order valence-electron chi connectivity index (χ4n) is 1.81. The Morgan fingerprint density at radius 1 is 1.19 bits per heavy atom. The Morgan fingerprint density at radius 3 is 2.57 bits per heavy atom. The Balaban J connectivity index is 2.40. The van der Waals surface area contributed by atoms with Crippen molar-refractivity contribution in [1.29, 1.82) is 0 Å². The van der Waals surface area contributed by atoms with Crippen LogP contribution in [0.1, 0.15) is 15.9 Å². The standard InChI is InChI=1S/C14H13FN2O3S/c1-9-5-6-11(15)8-13(9)21(19,20)17-12-4-2-3-10(7-12)14(16)18/h2-8,17H,1H3,(H2,16,18). The van der Waals surface area contributed by atoms with Gasteiger partial charge in [0.05, 0.1) is 4.90 Å². The number of amides is 1. The molecule has 0 aliphatic carbocycles. The molecule has 0 bridgehead atoms. The zero-order valence-electron chi connectivity index (χ0n) is 11.1. The van der Waals surface area contributed by atoms with E-state index in [9.17, 15) is 17.6 Å². The lowest BCUT2D eigenvalue weighted by molar-refractivity contribution is 0.100. The summed E-state index contributed by atoms with van der Waals surface area (Å²) in [5.74, 6) is -1.31. The monoisotopic (exact) mass is 308 g/mol. The Hall–Kier alpha value is -2.41. The SMILES string of the molecule is Cc1ccc(F)cc1S(=O)(=O)Nc1cccc(C(N)=O)c1. The van der Waals surface area contributed by atoms with Gasteiger partial charge in [0.25, 0.3) is 10.0 Å². The molecule has 2 aromatic carbocycles. The number of hydrogen-bond acceptors (Lipinski definition) is 3. The number of carbonyl (C=O) groups is 1. The molecule has 2 rings (SSSR count). The zero-order chi connectivity index (χ0) is 15.6. The van der Waals surface area contributed by atoms with Crippen LogP contribution < -0.4 is 10.5 Å². The summed E-state index contributed by atoms with van der Waals surface area (Å²) in [6.07, 6.45) is 0. The smallest absolute Gasteiger partial charge is 0.262 e. The van der Waals surface area contributed by atoms with E-state index in [1.54, 1.807) is 6.92 Å². The van der Waals surface area contributed by atoms with E-state index in [2.05, 4.69) is 4.72 Å². The van der Waals surface area contributed by atoms with Gasteiger partial charge in [0.15, 0.2) is 0 Å². The first-order chi connectivity index (χ1) is 9.79. The Bertz CT molecular complexity index is 804. The number of rotatable bonds is 4. The lowest BCUT2D eigenvalue weighted by Gasteiger charge is -2.11. The van der Waals surface area contributed by atoms with Crippen LogP contribution in [0.5, 0.6) is 0 Å². The van der Waals surface area contributed by atoms with Gasteiger partial charge in [-0.15, -0.1) is 0 Å². The molecule has 0 aromatic heterocycles. The first-order valence-corrected chi connectivity index (χ1v) is 7.47. The van der Waals surface area contributed by atoms with Crippen molar-refractivity contribution in [2.75, 3.05) is 4.72 Å². The highest BCUT2D eigenvalue weighted by atomic mass is 32.2. The molecule has 0 saturated carbocycles. The van der Waals surface area contributed by atoms with Gasteiger partial charge in [-0.25, -0.2) is 12.8 Å². The second-order valence-corrected chi connectivity index (χ2v) is 6.11. The average molecular weight is 308 g/mol. The molecular weight excluding hydrogens is 295 g/mol. The molecule has 0 heterocycles. The third-order valence-corrected chi connectivity index (χ3v) is 4.36. The number of nitrogens with one attached hydrogen (secondary N) is 1. The molecular formula is C14H13FN2O3S. The maximum atomic E-state index is 13.2. The first-order valence-electron chi connectivity index (χ1n) is 5.98. The molecule has 0 fully saturated rings. The van der Waals surface area contributed by atoms with Crippen molar-refractivity contribution in [3.63, 3.8) is 0 Å². The molecule has 110 valence electrons. The third kappa shape index (κ3) is 3.38. The van der Waals surface area contributed by atoms with Crippen LogP contribution in [0.3, 0.4) is 0 Å². The van der Waals surface area contributed by atoms with Crippen LogP contribution in [-0.4, -0.2) is 14.3 Å². The van der Waals surface area contributed by atoms with Crippen molar-refractivity contribution in [3.8, 4) is 0 Å². The summed E-state index contributed by atoms with van der Waals surface area (Å²) < 4.78 is 40.1. The normalized spacial score (nSPS) is 11.1. The zero-order valence-corrected chi connectivity index (χ0v) is 11.9.